The van der Waals surface area contributed by atoms with Crippen molar-refractivity contribution < 1.29 is 0 Å². The third-order valence-electron chi connectivity index (χ3n) is 6.61. The summed E-state index contributed by atoms with van der Waals surface area (Å²) in [6, 6.07) is 12.9. The Morgan fingerprint density at radius 1 is 1.15 bits per heavy atom. The van der Waals surface area contributed by atoms with Crippen molar-refractivity contribution in [3.8, 4) is 21.8 Å². The summed E-state index contributed by atoms with van der Waals surface area (Å²) in [7, 11) is 0. The number of nitrogens with zero attached hydrogens (tertiary/aromatic N) is 1. The Kier molecular flexibility index (Phi) is 5.92. The molecule has 1 fully saturated rings. The molecule has 0 amide bonds. The first kappa shape index (κ1) is 21.7. The second-order valence-corrected chi connectivity index (χ2v) is 10.0. The van der Waals surface area contributed by atoms with E-state index in [1.165, 1.54) is 39.1 Å². The number of aromatic nitrogens is 3. The number of allylic oxidation sites excluding steroid dienone is 3. The van der Waals surface area contributed by atoms with Crippen LogP contribution in [0.4, 0.5) is 0 Å². The molecule has 5 rings (SSSR count). The summed E-state index contributed by atoms with van der Waals surface area (Å²) < 4.78 is 0. The topological polar surface area (TPSA) is 56.5 Å². The molecule has 0 bridgehead atoms. The van der Waals surface area contributed by atoms with Crippen molar-refractivity contribution >= 4 is 40.5 Å². The molecule has 1 aliphatic rings. The highest BCUT2D eigenvalue weighted by Gasteiger charge is 2.15. The highest BCUT2D eigenvalue weighted by atomic mass is 32.1. The summed E-state index contributed by atoms with van der Waals surface area (Å²) in [5.41, 5.74) is 6.69. The first-order valence-electron chi connectivity index (χ1n) is 11.5. The third-order valence-corrected chi connectivity index (χ3v) is 7.89. The van der Waals surface area contributed by atoms with Crippen LogP contribution >= 0.6 is 11.3 Å². The van der Waals surface area contributed by atoms with E-state index in [1.54, 1.807) is 11.3 Å². The third kappa shape index (κ3) is 4.26. The summed E-state index contributed by atoms with van der Waals surface area (Å²) in [6.45, 7) is 14.9. The normalized spacial score (nSPS) is 16.1. The van der Waals surface area contributed by atoms with Crippen molar-refractivity contribution in [1.29, 1.82) is 0 Å². The van der Waals surface area contributed by atoms with Crippen LogP contribution in [0, 0.1) is 5.92 Å². The smallest absolute Gasteiger partial charge is 0.116 e. The zero-order valence-corrected chi connectivity index (χ0v) is 20.1. The average Bonchev–Trinajstić information content (AvgIpc) is 3.56. The average molecular weight is 455 g/mol. The molecule has 1 saturated heterocycles. The van der Waals surface area contributed by atoms with Crippen LogP contribution in [0.2, 0.25) is 0 Å². The summed E-state index contributed by atoms with van der Waals surface area (Å²) >= 11 is 1.78. The molecule has 1 aromatic carbocycles. The van der Waals surface area contributed by atoms with Gasteiger partial charge < -0.3 is 10.3 Å². The maximum atomic E-state index is 4.60. The largest absolute Gasteiger partial charge is 0.353 e. The maximum Gasteiger partial charge on any atom is 0.116 e. The first-order valence-corrected chi connectivity index (χ1v) is 12.3. The molecule has 4 aromatic rings. The van der Waals surface area contributed by atoms with Crippen molar-refractivity contribution in [2.75, 3.05) is 13.1 Å². The zero-order valence-electron chi connectivity index (χ0n) is 19.3. The van der Waals surface area contributed by atoms with Crippen LogP contribution in [-0.2, 0) is 0 Å². The molecule has 3 aromatic heterocycles. The second-order valence-electron chi connectivity index (χ2n) is 8.96. The van der Waals surface area contributed by atoms with Gasteiger partial charge in [0.2, 0.25) is 0 Å². The van der Waals surface area contributed by atoms with Crippen molar-refractivity contribution in [2.45, 2.75) is 26.7 Å². The highest BCUT2D eigenvalue weighted by Crippen LogP contribution is 2.36. The van der Waals surface area contributed by atoms with Crippen LogP contribution in [0.1, 0.15) is 31.6 Å². The summed E-state index contributed by atoms with van der Waals surface area (Å²) in [6.07, 6.45) is 6.75. The Balaban J connectivity index is 1.49. The molecule has 5 heteroatoms. The van der Waals surface area contributed by atoms with E-state index in [4.69, 9.17) is 0 Å². The monoisotopic (exact) mass is 454 g/mol. The van der Waals surface area contributed by atoms with Crippen LogP contribution in [-0.4, -0.2) is 28.3 Å². The van der Waals surface area contributed by atoms with E-state index in [0.717, 1.165) is 46.1 Å². The van der Waals surface area contributed by atoms with Gasteiger partial charge in [0.25, 0.3) is 0 Å². The molecule has 3 N–H and O–H groups in total. The van der Waals surface area contributed by atoms with Crippen LogP contribution in [0.15, 0.2) is 54.6 Å². The van der Waals surface area contributed by atoms with Crippen LogP contribution < -0.4 is 15.9 Å². The Morgan fingerprint density at radius 2 is 1.97 bits per heavy atom. The predicted molar refractivity (Wildman–Crippen MR) is 142 cm³/mol. The van der Waals surface area contributed by atoms with Crippen molar-refractivity contribution in [1.82, 2.24) is 20.5 Å². The Hall–Kier alpha value is -3.15. The van der Waals surface area contributed by atoms with Gasteiger partial charge in [-0.2, -0.15) is 5.10 Å². The number of thiophene rings is 1. The number of fused-ring (bicyclic) bond motifs is 1. The molecule has 33 heavy (non-hydrogen) atoms. The molecular weight excluding hydrogens is 424 g/mol. The van der Waals surface area contributed by atoms with Crippen molar-refractivity contribution in [3.05, 3.63) is 70.1 Å². The van der Waals surface area contributed by atoms with Crippen molar-refractivity contribution in [2.24, 2.45) is 5.92 Å². The lowest BCUT2D eigenvalue weighted by Crippen LogP contribution is -2.28. The van der Waals surface area contributed by atoms with Gasteiger partial charge in [0, 0.05) is 31.4 Å². The number of nitrogens with one attached hydrogen (secondary N) is 3. The molecule has 168 valence electrons. The minimum absolute atomic E-state index is 0.660. The number of benzene rings is 1. The fourth-order valence-corrected chi connectivity index (χ4v) is 5.55. The van der Waals surface area contributed by atoms with Crippen LogP contribution in [0.25, 0.3) is 51.0 Å². The summed E-state index contributed by atoms with van der Waals surface area (Å²) in [5, 5.41) is 14.3. The molecular formula is C28H30N4S. The van der Waals surface area contributed by atoms with Gasteiger partial charge >= 0.3 is 0 Å². The summed E-state index contributed by atoms with van der Waals surface area (Å²) in [5.74, 6) is 0.660. The standard InChI is InChI=1S/C28H30N4S/c1-17(2)26-10-11-27(33-26)21-6-5-7-24-22(21)16-25(30-24)28-19(4)23(31-32-28)9-8-18(3)20-12-14-29-15-13-20/h5-11,16,20,29-31H,1,4,12-15H2,2-3H3/b18-8+,23-9+. The fraction of sp³-hybridized carbons (Fsp3) is 0.250. The minimum atomic E-state index is 0.660. The van der Waals surface area contributed by atoms with E-state index in [9.17, 15) is 0 Å². The van der Waals surface area contributed by atoms with Gasteiger partial charge in [0.05, 0.1) is 11.0 Å². The molecule has 0 aliphatic carbocycles. The minimum Gasteiger partial charge on any atom is -0.353 e. The van der Waals surface area contributed by atoms with E-state index in [-0.39, 0.29) is 0 Å². The Bertz CT molecular complexity index is 1460. The van der Waals surface area contributed by atoms with E-state index in [1.807, 2.05) is 0 Å². The van der Waals surface area contributed by atoms with Crippen LogP contribution in [0.3, 0.4) is 0 Å². The molecule has 4 heterocycles. The van der Waals surface area contributed by atoms with Crippen molar-refractivity contribution in [3.63, 3.8) is 0 Å². The molecule has 0 radical (unpaired) electrons. The second kappa shape index (κ2) is 9.00. The van der Waals surface area contributed by atoms with Gasteiger partial charge in [-0.05, 0) is 81.6 Å². The lowest BCUT2D eigenvalue weighted by molar-refractivity contribution is 0.420. The molecule has 0 spiro atoms. The molecule has 4 nitrogen and oxygen atoms in total. The number of H-pyrrole nitrogens is 2. The van der Waals surface area contributed by atoms with Gasteiger partial charge in [-0.1, -0.05) is 36.9 Å². The fourth-order valence-electron chi connectivity index (χ4n) is 4.58. The molecule has 1 aliphatic heterocycles. The zero-order chi connectivity index (χ0) is 22.9. The lowest BCUT2D eigenvalue weighted by Gasteiger charge is -2.23. The van der Waals surface area contributed by atoms with Gasteiger partial charge in [-0.3, -0.25) is 5.10 Å². The SMILES string of the molecule is C=C(C)c1ccc(-c2cccc3[nH]c(-c4n[nH]/c(=C/C=C(\C)C5CCNCC5)c4=C)cc23)s1. The molecule has 0 atom stereocenters. The molecule has 0 unspecified atom stereocenters. The lowest BCUT2D eigenvalue weighted by atomic mass is 9.91. The van der Waals surface area contributed by atoms with E-state index < -0.39 is 0 Å². The summed E-state index contributed by atoms with van der Waals surface area (Å²) in [4.78, 5) is 6.02. The Labute approximate surface area is 198 Å². The predicted octanol–water partition coefficient (Wildman–Crippen LogP) is 5.46. The quantitative estimate of drug-likeness (QED) is 0.375. The van der Waals surface area contributed by atoms with Gasteiger partial charge in [0.15, 0.2) is 0 Å². The van der Waals surface area contributed by atoms with Gasteiger partial charge in [0.1, 0.15) is 5.69 Å². The van der Waals surface area contributed by atoms with Crippen LogP contribution in [0.5, 0.6) is 0 Å². The number of rotatable bonds is 5. The van der Waals surface area contributed by atoms with E-state index >= 15 is 0 Å². The maximum absolute atomic E-state index is 4.60. The number of aromatic amines is 2. The number of piperidine rings is 1. The Morgan fingerprint density at radius 3 is 2.73 bits per heavy atom. The molecule has 0 saturated carbocycles. The van der Waals surface area contributed by atoms with Gasteiger partial charge in [-0.25, -0.2) is 0 Å². The number of hydrogen-bond acceptors (Lipinski definition) is 3. The van der Waals surface area contributed by atoms with E-state index in [0.29, 0.717) is 5.92 Å². The first-order chi connectivity index (χ1) is 16.0. The highest BCUT2D eigenvalue weighted by molar-refractivity contribution is 7.16. The number of hydrogen-bond donors (Lipinski definition) is 3. The van der Waals surface area contributed by atoms with Gasteiger partial charge in [-0.15, -0.1) is 11.3 Å². The van der Waals surface area contributed by atoms with E-state index in [2.05, 4.69) is 96.1 Å².